The van der Waals surface area contributed by atoms with Crippen molar-refractivity contribution in [3.63, 3.8) is 0 Å². The number of furan rings is 1. The van der Waals surface area contributed by atoms with Crippen molar-refractivity contribution in [2.75, 3.05) is 0 Å². The summed E-state index contributed by atoms with van der Waals surface area (Å²) in [4.78, 5) is 21.0. The summed E-state index contributed by atoms with van der Waals surface area (Å²) in [5.41, 5.74) is 4.35. The minimum absolute atomic E-state index is 0.244. The fraction of sp³-hybridized carbons (Fsp3) is 0.182. The van der Waals surface area contributed by atoms with E-state index in [9.17, 15) is 4.79 Å². The van der Waals surface area contributed by atoms with Gasteiger partial charge >= 0.3 is 5.97 Å². The van der Waals surface area contributed by atoms with Crippen LogP contribution >= 0.6 is 0 Å². The van der Waals surface area contributed by atoms with Gasteiger partial charge in [0.2, 0.25) is 0 Å². The maximum absolute atomic E-state index is 12.5. The minimum Gasteiger partial charge on any atom is -0.456 e. The zero-order valence-corrected chi connectivity index (χ0v) is 16.0. The van der Waals surface area contributed by atoms with Gasteiger partial charge in [-0.25, -0.2) is 9.50 Å². The van der Waals surface area contributed by atoms with Crippen LogP contribution in [0.2, 0.25) is 0 Å². The summed E-state index contributed by atoms with van der Waals surface area (Å²) in [7, 11) is 0. The summed E-state index contributed by atoms with van der Waals surface area (Å²) >= 11 is 0. The van der Waals surface area contributed by atoms with Crippen LogP contribution in [0, 0.1) is 13.8 Å². The summed E-state index contributed by atoms with van der Waals surface area (Å²) in [6.07, 6.45) is 2.24. The SMILES string of the molecule is Cc1nc2ncnn2c(C)c1CCC(=O)Oc1ccc2oc3ccccc3c2c1. The number of hydrogen-bond acceptors (Lipinski definition) is 6. The van der Waals surface area contributed by atoms with Gasteiger partial charge in [0.15, 0.2) is 0 Å². The Labute approximate surface area is 165 Å². The van der Waals surface area contributed by atoms with Crippen LogP contribution in [-0.2, 0) is 11.2 Å². The number of aryl methyl sites for hydroxylation is 2. The second kappa shape index (κ2) is 6.70. The van der Waals surface area contributed by atoms with Crippen LogP contribution in [0.3, 0.4) is 0 Å². The molecule has 5 rings (SSSR count). The molecule has 2 aromatic carbocycles. The van der Waals surface area contributed by atoms with Gasteiger partial charge in [-0.3, -0.25) is 4.79 Å². The molecule has 0 fully saturated rings. The molecule has 144 valence electrons. The van der Waals surface area contributed by atoms with Gasteiger partial charge in [-0.1, -0.05) is 18.2 Å². The fourth-order valence-corrected chi connectivity index (χ4v) is 3.70. The number of hydrogen-bond donors (Lipinski definition) is 0. The van der Waals surface area contributed by atoms with Crippen molar-refractivity contribution in [1.82, 2.24) is 19.6 Å². The number of fused-ring (bicyclic) bond motifs is 4. The summed E-state index contributed by atoms with van der Waals surface area (Å²) in [5, 5.41) is 6.11. The van der Waals surface area contributed by atoms with Crippen molar-refractivity contribution in [3.05, 3.63) is 65.7 Å². The molecule has 0 N–H and O–H groups in total. The van der Waals surface area contributed by atoms with Crippen LogP contribution in [0.1, 0.15) is 23.4 Å². The molecular formula is C22H18N4O3. The monoisotopic (exact) mass is 386 g/mol. The number of carbonyl (C=O) groups excluding carboxylic acids is 1. The lowest BCUT2D eigenvalue weighted by Crippen LogP contribution is -2.12. The summed E-state index contributed by atoms with van der Waals surface area (Å²) in [5.74, 6) is 0.772. The van der Waals surface area contributed by atoms with E-state index in [-0.39, 0.29) is 12.4 Å². The van der Waals surface area contributed by atoms with Gasteiger partial charge in [-0.15, -0.1) is 0 Å². The van der Waals surface area contributed by atoms with Crippen LogP contribution in [0.25, 0.3) is 27.7 Å². The van der Waals surface area contributed by atoms with Crippen molar-refractivity contribution in [3.8, 4) is 5.75 Å². The molecule has 0 radical (unpaired) electrons. The smallest absolute Gasteiger partial charge is 0.311 e. The molecule has 0 unspecified atom stereocenters. The molecule has 3 aromatic heterocycles. The van der Waals surface area contributed by atoms with Gasteiger partial charge < -0.3 is 9.15 Å². The molecule has 5 aromatic rings. The van der Waals surface area contributed by atoms with E-state index >= 15 is 0 Å². The van der Waals surface area contributed by atoms with E-state index in [0.717, 1.165) is 38.9 Å². The molecule has 0 atom stereocenters. The topological polar surface area (TPSA) is 82.5 Å². The first-order chi connectivity index (χ1) is 14.1. The number of para-hydroxylation sites is 1. The standard InChI is InChI=1S/C22H18N4O3/c1-13-16(14(2)26-22(25-13)23-12-24-26)8-10-21(27)28-15-7-9-20-18(11-15)17-5-3-4-6-19(17)29-20/h3-7,9,11-12H,8,10H2,1-2H3. The van der Waals surface area contributed by atoms with Crippen molar-refractivity contribution in [2.24, 2.45) is 0 Å². The third kappa shape index (κ3) is 3.00. The number of esters is 1. The Morgan fingerprint density at radius 2 is 1.93 bits per heavy atom. The molecular weight excluding hydrogens is 368 g/mol. The lowest BCUT2D eigenvalue weighted by molar-refractivity contribution is -0.134. The summed E-state index contributed by atoms with van der Waals surface area (Å²) in [6.45, 7) is 3.87. The van der Waals surface area contributed by atoms with Crippen LogP contribution in [0.15, 0.2) is 53.2 Å². The van der Waals surface area contributed by atoms with E-state index in [2.05, 4.69) is 15.1 Å². The molecule has 0 aliphatic rings. The van der Waals surface area contributed by atoms with Crippen molar-refractivity contribution >= 4 is 33.7 Å². The predicted molar refractivity (Wildman–Crippen MR) is 108 cm³/mol. The molecule has 7 heteroatoms. The van der Waals surface area contributed by atoms with Gasteiger partial charge in [0, 0.05) is 22.2 Å². The molecule has 0 saturated heterocycles. The highest BCUT2D eigenvalue weighted by atomic mass is 16.5. The number of benzene rings is 2. The first-order valence-corrected chi connectivity index (χ1v) is 9.38. The Bertz CT molecular complexity index is 1380. The lowest BCUT2D eigenvalue weighted by Gasteiger charge is -2.10. The van der Waals surface area contributed by atoms with Gasteiger partial charge in [0.1, 0.15) is 23.2 Å². The molecule has 0 aliphatic heterocycles. The predicted octanol–water partition coefficient (Wildman–Crippen LogP) is 4.18. The van der Waals surface area contributed by atoms with E-state index in [1.165, 1.54) is 6.33 Å². The average Bonchev–Trinajstić information content (AvgIpc) is 3.32. The quantitative estimate of drug-likeness (QED) is 0.340. The maximum Gasteiger partial charge on any atom is 0.311 e. The van der Waals surface area contributed by atoms with Crippen LogP contribution in [-0.4, -0.2) is 25.6 Å². The zero-order chi connectivity index (χ0) is 20.0. The third-order valence-corrected chi connectivity index (χ3v) is 5.15. The number of carbonyl (C=O) groups is 1. The van der Waals surface area contributed by atoms with Crippen LogP contribution < -0.4 is 4.74 Å². The van der Waals surface area contributed by atoms with E-state index in [1.807, 2.05) is 50.2 Å². The average molecular weight is 386 g/mol. The molecule has 3 heterocycles. The highest BCUT2D eigenvalue weighted by Crippen LogP contribution is 2.31. The highest BCUT2D eigenvalue weighted by molar-refractivity contribution is 6.05. The van der Waals surface area contributed by atoms with E-state index < -0.39 is 0 Å². The number of ether oxygens (including phenoxy) is 1. The van der Waals surface area contributed by atoms with Crippen molar-refractivity contribution < 1.29 is 13.9 Å². The van der Waals surface area contributed by atoms with Crippen molar-refractivity contribution in [2.45, 2.75) is 26.7 Å². The number of nitrogens with zero attached hydrogens (tertiary/aromatic N) is 4. The molecule has 0 aliphatic carbocycles. The summed E-state index contributed by atoms with van der Waals surface area (Å²) < 4.78 is 13.1. The molecule has 7 nitrogen and oxygen atoms in total. The largest absolute Gasteiger partial charge is 0.456 e. The molecule has 29 heavy (non-hydrogen) atoms. The Hall–Kier alpha value is -3.74. The Balaban J connectivity index is 1.35. The van der Waals surface area contributed by atoms with Crippen LogP contribution in [0.5, 0.6) is 5.75 Å². The van der Waals surface area contributed by atoms with Gasteiger partial charge in [0.25, 0.3) is 5.78 Å². The van der Waals surface area contributed by atoms with Crippen molar-refractivity contribution in [1.29, 1.82) is 0 Å². The van der Waals surface area contributed by atoms with Gasteiger partial charge in [-0.05, 0) is 50.1 Å². The first kappa shape index (κ1) is 17.4. The lowest BCUT2D eigenvalue weighted by atomic mass is 10.1. The van der Waals surface area contributed by atoms with Gasteiger partial charge in [-0.2, -0.15) is 10.1 Å². The van der Waals surface area contributed by atoms with Crippen LogP contribution in [0.4, 0.5) is 0 Å². The Morgan fingerprint density at radius 1 is 1.10 bits per heavy atom. The second-order valence-corrected chi connectivity index (χ2v) is 6.96. The molecule has 0 saturated carbocycles. The molecule has 0 amide bonds. The highest BCUT2D eigenvalue weighted by Gasteiger charge is 2.14. The molecule has 0 bridgehead atoms. The Kier molecular flexibility index (Phi) is 4.01. The number of aromatic nitrogens is 4. The van der Waals surface area contributed by atoms with E-state index in [1.54, 1.807) is 10.6 Å². The third-order valence-electron chi connectivity index (χ3n) is 5.15. The zero-order valence-electron chi connectivity index (χ0n) is 16.0. The normalized spacial score (nSPS) is 11.5. The minimum atomic E-state index is -0.297. The fourth-order valence-electron chi connectivity index (χ4n) is 3.70. The first-order valence-electron chi connectivity index (χ1n) is 9.38. The van der Waals surface area contributed by atoms with Gasteiger partial charge in [0.05, 0.1) is 6.42 Å². The Morgan fingerprint density at radius 3 is 2.83 bits per heavy atom. The van der Waals surface area contributed by atoms with E-state index in [4.69, 9.17) is 9.15 Å². The second-order valence-electron chi connectivity index (χ2n) is 6.96. The summed E-state index contributed by atoms with van der Waals surface area (Å²) in [6, 6.07) is 13.2. The molecule has 0 spiro atoms. The number of rotatable bonds is 4. The van der Waals surface area contributed by atoms with E-state index in [0.29, 0.717) is 17.9 Å². The maximum atomic E-state index is 12.5.